The summed E-state index contributed by atoms with van der Waals surface area (Å²) in [6.07, 6.45) is 1.75. The first kappa shape index (κ1) is 22.7. The molecule has 1 aromatic heterocycles. The van der Waals surface area contributed by atoms with Crippen LogP contribution in [0, 0.1) is 11.6 Å². The average molecular weight is 434 g/mol. The monoisotopic (exact) mass is 433 g/mol. The topological polar surface area (TPSA) is 62.2 Å². The predicted molar refractivity (Wildman–Crippen MR) is 117 cm³/mol. The Kier molecular flexibility index (Phi) is 8.40. The Hall–Kier alpha value is -2.94. The molecule has 0 radical (unpaired) electrons. The number of aromatic nitrogens is 1. The molecule has 0 bridgehead atoms. The number of guanidine groups is 1. The molecule has 31 heavy (non-hydrogen) atoms. The van der Waals surface area contributed by atoms with E-state index in [9.17, 15) is 8.78 Å². The first-order valence-corrected chi connectivity index (χ1v) is 10.4. The van der Waals surface area contributed by atoms with E-state index in [0.29, 0.717) is 57.5 Å². The fourth-order valence-electron chi connectivity index (χ4n) is 3.30. The van der Waals surface area contributed by atoms with Crippen LogP contribution in [0.4, 0.5) is 14.5 Å². The van der Waals surface area contributed by atoms with E-state index in [1.165, 1.54) is 12.1 Å². The summed E-state index contributed by atoms with van der Waals surface area (Å²) < 4.78 is 38.0. The van der Waals surface area contributed by atoms with E-state index < -0.39 is 11.6 Å². The first-order chi connectivity index (χ1) is 15.1. The SMILES string of the molecule is CCNC(=NCc1ccc(OCCOC)nc1)N1CCN(c2cc(F)ccc2F)CC1. The first-order valence-electron chi connectivity index (χ1n) is 10.4. The average Bonchev–Trinajstić information content (AvgIpc) is 2.79. The second-order valence-electron chi connectivity index (χ2n) is 7.09. The Morgan fingerprint density at radius 2 is 1.94 bits per heavy atom. The van der Waals surface area contributed by atoms with E-state index in [4.69, 9.17) is 14.5 Å². The Labute approximate surface area is 181 Å². The summed E-state index contributed by atoms with van der Waals surface area (Å²) in [5.74, 6) is 0.509. The van der Waals surface area contributed by atoms with Crippen molar-refractivity contribution < 1.29 is 18.3 Å². The van der Waals surface area contributed by atoms with Gasteiger partial charge in [-0.1, -0.05) is 6.07 Å². The van der Waals surface area contributed by atoms with Gasteiger partial charge in [0.15, 0.2) is 5.96 Å². The lowest BCUT2D eigenvalue weighted by Gasteiger charge is -2.37. The second kappa shape index (κ2) is 11.5. The molecule has 168 valence electrons. The molecule has 0 spiro atoms. The molecule has 0 amide bonds. The summed E-state index contributed by atoms with van der Waals surface area (Å²) in [6, 6.07) is 7.31. The van der Waals surface area contributed by atoms with Gasteiger partial charge in [-0.2, -0.15) is 0 Å². The van der Waals surface area contributed by atoms with Crippen LogP contribution in [0.2, 0.25) is 0 Å². The molecule has 1 N–H and O–H groups in total. The summed E-state index contributed by atoms with van der Waals surface area (Å²) in [5.41, 5.74) is 1.27. The van der Waals surface area contributed by atoms with Crippen molar-refractivity contribution in [2.75, 3.05) is 57.9 Å². The fraction of sp³-hybridized carbons (Fsp3) is 0.455. The lowest BCUT2D eigenvalue weighted by Crippen LogP contribution is -2.52. The summed E-state index contributed by atoms with van der Waals surface area (Å²) in [5, 5.41) is 3.31. The molecule has 2 heterocycles. The highest BCUT2D eigenvalue weighted by molar-refractivity contribution is 5.80. The van der Waals surface area contributed by atoms with E-state index in [1.54, 1.807) is 13.3 Å². The van der Waals surface area contributed by atoms with E-state index in [1.807, 2.05) is 24.0 Å². The summed E-state index contributed by atoms with van der Waals surface area (Å²) >= 11 is 0. The van der Waals surface area contributed by atoms with Gasteiger partial charge in [0, 0.05) is 58.2 Å². The maximum absolute atomic E-state index is 14.1. The van der Waals surface area contributed by atoms with E-state index in [0.717, 1.165) is 24.1 Å². The number of methoxy groups -OCH3 is 1. The van der Waals surface area contributed by atoms with E-state index >= 15 is 0 Å². The van der Waals surface area contributed by atoms with Crippen LogP contribution in [0.15, 0.2) is 41.5 Å². The van der Waals surface area contributed by atoms with Gasteiger partial charge in [-0.25, -0.2) is 18.8 Å². The zero-order valence-electron chi connectivity index (χ0n) is 18.0. The number of halogens is 2. The van der Waals surface area contributed by atoms with Crippen LogP contribution in [0.5, 0.6) is 5.88 Å². The zero-order valence-corrected chi connectivity index (χ0v) is 18.0. The van der Waals surface area contributed by atoms with Crippen LogP contribution in [0.3, 0.4) is 0 Å². The van der Waals surface area contributed by atoms with E-state index in [2.05, 4.69) is 15.2 Å². The molecule has 1 aromatic carbocycles. The van der Waals surface area contributed by atoms with Crippen LogP contribution in [0.25, 0.3) is 0 Å². The van der Waals surface area contributed by atoms with Crippen LogP contribution in [-0.2, 0) is 11.3 Å². The zero-order chi connectivity index (χ0) is 22.1. The van der Waals surface area contributed by atoms with Crippen molar-refractivity contribution in [1.29, 1.82) is 0 Å². The van der Waals surface area contributed by atoms with Crippen molar-refractivity contribution in [2.45, 2.75) is 13.5 Å². The number of rotatable bonds is 8. The fourth-order valence-corrected chi connectivity index (χ4v) is 3.30. The van der Waals surface area contributed by atoms with Crippen molar-refractivity contribution >= 4 is 11.6 Å². The van der Waals surface area contributed by atoms with Gasteiger partial charge in [-0.15, -0.1) is 0 Å². The highest BCUT2D eigenvalue weighted by Crippen LogP contribution is 2.22. The minimum Gasteiger partial charge on any atom is -0.475 e. The van der Waals surface area contributed by atoms with Crippen molar-refractivity contribution in [3.8, 4) is 5.88 Å². The van der Waals surface area contributed by atoms with Crippen LogP contribution in [-0.4, -0.2) is 68.9 Å². The predicted octanol–water partition coefficient (Wildman–Crippen LogP) is 2.67. The van der Waals surface area contributed by atoms with Crippen molar-refractivity contribution in [3.05, 3.63) is 53.7 Å². The third-order valence-corrected chi connectivity index (χ3v) is 4.91. The van der Waals surface area contributed by atoms with Crippen molar-refractivity contribution in [1.82, 2.24) is 15.2 Å². The third kappa shape index (κ3) is 6.52. The summed E-state index contributed by atoms with van der Waals surface area (Å²) in [4.78, 5) is 13.0. The number of nitrogens with one attached hydrogen (secondary N) is 1. The maximum Gasteiger partial charge on any atom is 0.213 e. The highest BCUT2D eigenvalue weighted by Gasteiger charge is 2.22. The van der Waals surface area contributed by atoms with Gasteiger partial charge in [-0.3, -0.25) is 0 Å². The van der Waals surface area contributed by atoms with Gasteiger partial charge in [0.1, 0.15) is 18.2 Å². The number of pyridine rings is 1. The molecule has 9 heteroatoms. The van der Waals surface area contributed by atoms with Gasteiger partial charge >= 0.3 is 0 Å². The minimum absolute atomic E-state index is 0.306. The van der Waals surface area contributed by atoms with Crippen LogP contribution in [0.1, 0.15) is 12.5 Å². The van der Waals surface area contributed by atoms with Crippen molar-refractivity contribution in [2.24, 2.45) is 4.99 Å². The van der Waals surface area contributed by atoms with Gasteiger partial charge < -0.3 is 24.6 Å². The molecule has 7 nitrogen and oxygen atoms in total. The minimum atomic E-state index is -0.433. The largest absolute Gasteiger partial charge is 0.475 e. The number of piperazine rings is 1. The molecule has 1 saturated heterocycles. The van der Waals surface area contributed by atoms with Gasteiger partial charge in [0.2, 0.25) is 5.88 Å². The van der Waals surface area contributed by atoms with Crippen molar-refractivity contribution in [3.63, 3.8) is 0 Å². The number of hydrogen-bond donors (Lipinski definition) is 1. The van der Waals surface area contributed by atoms with E-state index in [-0.39, 0.29) is 0 Å². The third-order valence-electron chi connectivity index (χ3n) is 4.91. The van der Waals surface area contributed by atoms with Crippen LogP contribution >= 0.6 is 0 Å². The molecular formula is C22H29F2N5O2. The number of hydrogen-bond acceptors (Lipinski definition) is 5. The molecule has 1 aliphatic heterocycles. The quantitative estimate of drug-likeness (QED) is 0.392. The molecule has 0 unspecified atom stereocenters. The molecule has 3 rings (SSSR count). The summed E-state index contributed by atoms with van der Waals surface area (Å²) in [7, 11) is 1.62. The Balaban J connectivity index is 1.58. The number of ether oxygens (including phenoxy) is 2. The molecule has 0 aliphatic carbocycles. The number of nitrogens with zero attached hydrogens (tertiary/aromatic N) is 4. The Morgan fingerprint density at radius 3 is 2.61 bits per heavy atom. The smallest absolute Gasteiger partial charge is 0.213 e. The van der Waals surface area contributed by atoms with Gasteiger partial charge in [-0.05, 0) is 24.6 Å². The molecule has 1 fully saturated rings. The standard InChI is InChI=1S/C22H29F2N5O2/c1-3-25-22(27-16-17-4-7-21(26-15-17)31-13-12-30-2)29-10-8-28(9-11-29)20-14-18(23)5-6-19(20)24/h4-7,14-15H,3,8-13,16H2,1-2H3,(H,25,27). The van der Waals surface area contributed by atoms with Gasteiger partial charge in [0.05, 0.1) is 18.8 Å². The lowest BCUT2D eigenvalue weighted by molar-refractivity contribution is 0.143. The molecule has 2 aromatic rings. The molecule has 0 atom stereocenters. The Bertz CT molecular complexity index is 855. The normalized spacial score (nSPS) is 14.6. The molecule has 1 aliphatic rings. The maximum atomic E-state index is 14.1. The molecular weight excluding hydrogens is 404 g/mol. The highest BCUT2D eigenvalue weighted by atomic mass is 19.1. The number of anilines is 1. The van der Waals surface area contributed by atoms with Gasteiger partial charge in [0.25, 0.3) is 0 Å². The summed E-state index contributed by atoms with van der Waals surface area (Å²) in [6.45, 7) is 6.68. The number of aliphatic imine (C=N–C) groups is 1. The van der Waals surface area contributed by atoms with Crippen LogP contribution < -0.4 is 15.0 Å². The Morgan fingerprint density at radius 1 is 1.13 bits per heavy atom. The molecule has 0 saturated carbocycles. The number of benzene rings is 1. The lowest BCUT2D eigenvalue weighted by atomic mass is 10.2. The second-order valence-corrected chi connectivity index (χ2v) is 7.09.